The summed E-state index contributed by atoms with van der Waals surface area (Å²) in [6.45, 7) is 10.3. The maximum atomic E-state index is 13.6. The first-order valence-electron chi connectivity index (χ1n) is 14.1. The number of rotatable bonds is 7. The highest BCUT2D eigenvalue weighted by Gasteiger charge is 2.64. The van der Waals surface area contributed by atoms with E-state index < -0.39 is 0 Å². The number of ketones is 1. The van der Waals surface area contributed by atoms with Gasteiger partial charge in [-0.15, -0.1) is 0 Å². The minimum atomic E-state index is -0.296. The van der Waals surface area contributed by atoms with E-state index in [9.17, 15) is 19.2 Å². The molecule has 37 heavy (non-hydrogen) atoms. The Kier molecular flexibility index (Phi) is 7.92. The smallest absolute Gasteiger partial charge is 0.308 e. The molecule has 3 fully saturated rings. The van der Waals surface area contributed by atoms with Crippen molar-refractivity contribution in [1.82, 2.24) is 0 Å². The molecule has 0 aliphatic heterocycles. The molecule has 0 radical (unpaired) electrons. The van der Waals surface area contributed by atoms with Crippen molar-refractivity contribution in [2.24, 2.45) is 46.3 Å². The second-order valence-corrected chi connectivity index (χ2v) is 12.4. The van der Waals surface area contributed by atoms with E-state index in [1.165, 1.54) is 19.6 Å². The molecule has 0 spiro atoms. The van der Waals surface area contributed by atoms with Crippen LogP contribution in [-0.2, 0) is 33.4 Å². The Morgan fingerprint density at radius 1 is 1.08 bits per heavy atom. The first-order chi connectivity index (χ1) is 17.5. The lowest BCUT2D eigenvalue weighted by Gasteiger charge is -2.59. The maximum absolute atomic E-state index is 13.6. The maximum Gasteiger partial charge on any atom is 0.308 e. The highest BCUT2D eigenvalue weighted by Crippen LogP contribution is 2.67. The Bertz CT molecular complexity index is 969. The van der Waals surface area contributed by atoms with Gasteiger partial charge in [-0.05, 0) is 87.0 Å². The molecule has 7 heteroatoms. The SMILES string of the molecule is CCOC(=O)C1CC[C@@]2(C)C(C1)C(=O)C=C1[C@@H]3CC[C@H]([C@H](C)CCC(=O)OC)[C@@]3(C)C(OC(C)=O)C[C@@H]12. The van der Waals surface area contributed by atoms with Gasteiger partial charge in [0.15, 0.2) is 5.78 Å². The standard InChI is InChI=1S/C30H44O7/c1-7-36-28(34)19-12-13-29(4)23-16-26(37-18(3)31)30(5)21(17(2)8-11-27(33)35-6)9-10-22(30)20(23)15-25(32)24(29)14-19/h15,17,19,21-24,26H,7-14,16H2,1-6H3/t17-,19?,21-,22+,23+,24?,26?,29-,30-/m1/s1. The summed E-state index contributed by atoms with van der Waals surface area (Å²) in [5.74, 6) is -0.158. The van der Waals surface area contributed by atoms with Gasteiger partial charge in [0.25, 0.3) is 0 Å². The van der Waals surface area contributed by atoms with Crippen LogP contribution in [0.5, 0.6) is 0 Å². The van der Waals surface area contributed by atoms with E-state index in [4.69, 9.17) is 14.2 Å². The van der Waals surface area contributed by atoms with Crippen molar-refractivity contribution in [2.75, 3.05) is 13.7 Å². The van der Waals surface area contributed by atoms with Gasteiger partial charge in [-0.2, -0.15) is 0 Å². The molecule has 7 nitrogen and oxygen atoms in total. The van der Waals surface area contributed by atoms with Crippen LogP contribution < -0.4 is 0 Å². The number of fused-ring (bicyclic) bond motifs is 5. The molecule has 0 aromatic rings. The molecular weight excluding hydrogens is 472 g/mol. The molecule has 9 atom stereocenters. The van der Waals surface area contributed by atoms with E-state index in [2.05, 4.69) is 20.8 Å². The normalized spacial score (nSPS) is 39.4. The molecule has 4 aliphatic carbocycles. The van der Waals surface area contributed by atoms with Crippen molar-refractivity contribution in [1.29, 1.82) is 0 Å². The topological polar surface area (TPSA) is 96.0 Å². The van der Waals surface area contributed by atoms with Crippen LogP contribution in [0.25, 0.3) is 0 Å². The second-order valence-electron chi connectivity index (χ2n) is 12.4. The second kappa shape index (κ2) is 10.5. The van der Waals surface area contributed by atoms with Gasteiger partial charge in [-0.25, -0.2) is 0 Å². The van der Waals surface area contributed by atoms with Gasteiger partial charge < -0.3 is 14.2 Å². The first-order valence-corrected chi connectivity index (χ1v) is 14.1. The predicted molar refractivity (Wildman–Crippen MR) is 137 cm³/mol. The Balaban J connectivity index is 1.66. The van der Waals surface area contributed by atoms with Crippen LogP contribution in [0.4, 0.5) is 0 Å². The van der Waals surface area contributed by atoms with Crippen LogP contribution in [0.1, 0.15) is 86.0 Å². The molecule has 0 heterocycles. The summed E-state index contributed by atoms with van der Waals surface area (Å²) < 4.78 is 16.3. The first kappa shape index (κ1) is 27.8. The predicted octanol–water partition coefficient (Wildman–Crippen LogP) is 5.05. The van der Waals surface area contributed by atoms with Gasteiger partial charge in [0, 0.05) is 24.7 Å². The largest absolute Gasteiger partial charge is 0.469 e. The summed E-state index contributed by atoms with van der Waals surface area (Å²) in [7, 11) is 1.42. The molecule has 0 N–H and O–H groups in total. The van der Waals surface area contributed by atoms with Gasteiger partial charge >= 0.3 is 17.9 Å². The van der Waals surface area contributed by atoms with E-state index in [0.717, 1.165) is 32.1 Å². The average molecular weight is 517 g/mol. The Morgan fingerprint density at radius 3 is 2.46 bits per heavy atom. The van der Waals surface area contributed by atoms with Crippen molar-refractivity contribution in [3.05, 3.63) is 11.6 Å². The highest BCUT2D eigenvalue weighted by molar-refractivity contribution is 5.95. The summed E-state index contributed by atoms with van der Waals surface area (Å²) >= 11 is 0. The Morgan fingerprint density at radius 2 is 1.81 bits per heavy atom. The summed E-state index contributed by atoms with van der Waals surface area (Å²) in [5, 5.41) is 0. The van der Waals surface area contributed by atoms with E-state index in [-0.39, 0.29) is 76.1 Å². The van der Waals surface area contributed by atoms with Gasteiger partial charge in [-0.3, -0.25) is 19.2 Å². The number of esters is 3. The molecule has 0 aromatic carbocycles. The van der Waals surface area contributed by atoms with Crippen molar-refractivity contribution >= 4 is 23.7 Å². The van der Waals surface area contributed by atoms with Gasteiger partial charge in [0.2, 0.25) is 0 Å². The Hall–Kier alpha value is -2.18. The number of hydrogen-bond acceptors (Lipinski definition) is 7. The Labute approximate surface area is 221 Å². The van der Waals surface area contributed by atoms with Crippen molar-refractivity contribution in [2.45, 2.75) is 92.1 Å². The fourth-order valence-corrected chi connectivity index (χ4v) is 8.76. The average Bonchev–Trinajstić information content (AvgIpc) is 3.21. The van der Waals surface area contributed by atoms with E-state index >= 15 is 0 Å². The third-order valence-corrected chi connectivity index (χ3v) is 10.7. The van der Waals surface area contributed by atoms with Crippen LogP contribution in [0.15, 0.2) is 11.6 Å². The van der Waals surface area contributed by atoms with E-state index in [1.807, 2.05) is 13.0 Å². The lowest BCUT2D eigenvalue weighted by molar-refractivity contribution is -0.170. The number of carbonyl (C=O) groups excluding carboxylic acids is 4. The summed E-state index contributed by atoms with van der Waals surface area (Å²) in [6.07, 6.45) is 7.40. The van der Waals surface area contributed by atoms with Crippen LogP contribution in [0.3, 0.4) is 0 Å². The molecule has 206 valence electrons. The van der Waals surface area contributed by atoms with Crippen LogP contribution in [0, 0.1) is 46.3 Å². The molecule has 0 aromatic heterocycles. The monoisotopic (exact) mass is 516 g/mol. The zero-order chi connectivity index (χ0) is 27.1. The van der Waals surface area contributed by atoms with Crippen molar-refractivity contribution in [3.8, 4) is 0 Å². The summed E-state index contributed by atoms with van der Waals surface area (Å²) in [6, 6.07) is 0. The summed E-state index contributed by atoms with van der Waals surface area (Å²) in [5.41, 5.74) is 0.667. The number of hydrogen-bond donors (Lipinski definition) is 0. The molecule has 0 saturated heterocycles. The zero-order valence-corrected chi connectivity index (χ0v) is 23.3. The minimum Gasteiger partial charge on any atom is -0.469 e. The van der Waals surface area contributed by atoms with Crippen LogP contribution in [-0.4, -0.2) is 43.5 Å². The third kappa shape index (κ3) is 4.76. The van der Waals surface area contributed by atoms with Crippen molar-refractivity contribution < 1.29 is 33.4 Å². The van der Waals surface area contributed by atoms with E-state index in [0.29, 0.717) is 25.9 Å². The third-order valence-electron chi connectivity index (χ3n) is 10.7. The zero-order valence-electron chi connectivity index (χ0n) is 23.3. The minimum absolute atomic E-state index is 0.137. The number of allylic oxidation sites excluding steroid dienone is 2. The molecule has 0 amide bonds. The van der Waals surface area contributed by atoms with Crippen LogP contribution in [0.2, 0.25) is 0 Å². The van der Waals surface area contributed by atoms with E-state index in [1.54, 1.807) is 0 Å². The van der Waals surface area contributed by atoms with Gasteiger partial charge in [0.05, 0.1) is 19.6 Å². The molecular formula is C30H44O7. The summed E-state index contributed by atoms with van der Waals surface area (Å²) in [4.78, 5) is 50.3. The number of carbonyl (C=O) groups is 4. The highest BCUT2D eigenvalue weighted by atomic mass is 16.5. The molecule has 4 aliphatic rings. The van der Waals surface area contributed by atoms with Crippen molar-refractivity contribution in [3.63, 3.8) is 0 Å². The number of ether oxygens (including phenoxy) is 3. The lowest BCUT2D eigenvalue weighted by Crippen LogP contribution is -2.57. The molecule has 3 unspecified atom stereocenters. The molecule has 0 bridgehead atoms. The fraction of sp³-hybridized carbons (Fsp3) is 0.800. The van der Waals surface area contributed by atoms with Gasteiger partial charge in [0.1, 0.15) is 6.10 Å². The molecule has 4 rings (SSSR count). The number of methoxy groups -OCH3 is 1. The molecule has 3 saturated carbocycles. The lowest BCUT2D eigenvalue weighted by atomic mass is 9.46. The quantitative estimate of drug-likeness (QED) is 0.345. The van der Waals surface area contributed by atoms with Gasteiger partial charge in [-0.1, -0.05) is 26.3 Å². The fourth-order valence-electron chi connectivity index (χ4n) is 8.76. The van der Waals surface area contributed by atoms with Crippen LogP contribution >= 0.6 is 0 Å².